The van der Waals surface area contributed by atoms with Gasteiger partial charge in [-0.3, -0.25) is 9.78 Å². The summed E-state index contributed by atoms with van der Waals surface area (Å²) in [5.41, 5.74) is 4.73. The Labute approximate surface area is 297 Å². The van der Waals surface area contributed by atoms with E-state index in [1.165, 1.54) is 17.0 Å². The molecule has 0 amide bonds. The molecule has 0 aliphatic heterocycles. The summed E-state index contributed by atoms with van der Waals surface area (Å²) in [6, 6.07) is 28.1. The van der Waals surface area contributed by atoms with E-state index >= 15 is 0 Å². The van der Waals surface area contributed by atoms with Crippen LogP contribution >= 0.6 is 0 Å². The Bertz CT molecular complexity index is 1990. The second-order valence-corrected chi connectivity index (χ2v) is 13.2. The van der Waals surface area contributed by atoms with Gasteiger partial charge in [0, 0.05) is 60.7 Å². The van der Waals surface area contributed by atoms with Gasteiger partial charge in [-0.25, -0.2) is 0 Å². The molecule has 6 heteroatoms. The Morgan fingerprint density at radius 2 is 1.44 bits per heavy atom. The van der Waals surface area contributed by atoms with E-state index in [0.717, 1.165) is 64.3 Å². The van der Waals surface area contributed by atoms with Gasteiger partial charge in [0.25, 0.3) is 0 Å². The average molecular weight is 821 g/mol. The van der Waals surface area contributed by atoms with Crippen molar-refractivity contribution >= 4 is 38.5 Å². The third-order valence-corrected chi connectivity index (χ3v) is 9.03. The van der Waals surface area contributed by atoms with Crippen LogP contribution in [0.4, 0.5) is 0 Å². The minimum absolute atomic E-state index is 0. The first kappa shape index (κ1) is 36.8. The van der Waals surface area contributed by atoms with Crippen LogP contribution < -0.4 is 0 Å². The Morgan fingerprint density at radius 3 is 2.10 bits per heavy atom. The molecule has 0 aliphatic carbocycles. The van der Waals surface area contributed by atoms with Crippen LogP contribution in [0.2, 0.25) is 0 Å². The maximum Gasteiger partial charge on any atom is 0.170 e. The average Bonchev–Trinajstić information content (AvgIpc) is 3.70. The molecule has 6 aromatic rings. The van der Waals surface area contributed by atoms with Crippen LogP contribution in [0, 0.1) is 17.9 Å². The first-order valence-corrected chi connectivity index (χ1v) is 16.9. The molecule has 3 heterocycles. The van der Waals surface area contributed by atoms with Gasteiger partial charge in [0.2, 0.25) is 0 Å². The van der Waals surface area contributed by atoms with Crippen molar-refractivity contribution in [1.82, 2.24) is 4.98 Å². The van der Waals surface area contributed by atoms with Gasteiger partial charge in [0.1, 0.15) is 11.2 Å². The van der Waals surface area contributed by atoms with Crippen molar-refractivity contribution in [1.29, 1.82) is 0 Å². The largest absolute Gasteiger partial charge is 0.512 e. The number of allylic oxidation sites excluding steroid dienone is 2. The molecule has 0 saturated heterocycles. The molecule has 1 N–H and O–H groups in total. The zero-order valence-corrected chi connectivity index (χ0v) is 31.4. The van der Waals surface area contributed by atoms with Crippen molar-refractivity contribution in [3.8, 4) is 22.8 Å². The summed E-state index contributed by atoms with van der Waals surface area (Å²) >= 11 is 0. The third-order valence-electron chi connectivity index (χ3n) is 9.03. The number of aliphatic hydroxyl groups excluding tert-OH is 1. The van der Waals surface area contributed by atoms with Crippen LogP contribution in [0.5, 0.6) is 0 Å². The SMILES string of the molecule is CC(C)(C)c1cc(-c2nccc3oc(-c4cc5ccccc5o4)cc23)[c-]c2ccccc12.CCC(CC)C(=O)/C=C(\O)C(CC)CC.[Ir]. The number of aromatic nitrogens is 1. The summed E-state index contributed by atoms with van der Waals surface area (Å²) in [4.78, 5) is 16.5. The monoisotopic (exact) mass is 821 g/mol. The second-order valence-electron chi connectivity index (χ2n) is 13.2. The molecule has 0 unspecified atom stereocenters. The molecule has 3 aromatic carbocycles. The quantitative estimate of drug-likeness (QED) is 0.0893. The van der Waals surface area contributed by atoms with Crippen molar-refractivity contribution in [3.05, 3.63) is 102 Å². The fourth-order valence-electron chi connectivity index (χ4n) is 6.16. The predicted molar refractivity (Wildman–Crippen MR) is 194 cm³/mol. The molecule has 0 bridgehead atoms. The van der Waals surface area contributed by atoms with Gasteiger partial charge in [-0.05, 0) is 55.4 Å². The van der Waals surface area contributed by atoms with Gasteiger partial charge in [-0.1, -0.05) is 95.8 Å². The van der Waals surface area contributed by atoms with Gasteiger partial charge in [-0.2, -0.15) is 0 Å². The number of para-hydroxylation sites is 1. The van der Waals surface area contributed by atoms with E-state index in [-0.39, 0.29) is 48.9 Å². The van der Waals surface area contributed by atoms with E-state index in [1.54, 1.807) is 6.20 Å². The number of carbonyl (C=O) groups excluding carboxylic acids is 1. The fourth-order valence-corrected chi connectivity index (χ4v) is 6.16. The molecular weight excluding hydrogens is 775 g/mol. The van der Waals surface area contributed by atoms with Gasteiger partial charge in [0.05, 0.1) is 5.76 Å². The van der Waals surface area contributed by atoms with Crippen molar-refractivity contribution in [2.24, 2.45) is 11.8 Å². The number of furan rings is 2. The van der Waals surface area contributed by atoms with Gasteiger partial charge in [-0.15, -0.1) is 29.1 Å². The fraction of sp³-hybridized carbons (Fsp3) is 0.333. The van der Waals surface area contributed by atoms with Crippen molar-refractivity contribution in [3.63, 3.8) is 0 Å². The summed E-state index contributed by atoms with van der Waals surface area (Å²) in [6.07, 6.45) is 6.70. The van der Waals surface area contributed by atoms with Crippen LogP contribution in [-0.2, 0) is 30.3 Å². The first-order chi connectivity index (χ1) is 22.6. The Kier molecular flexibility index (Phi) is 12.2. The molecule has 5 nitrogen and oxygen atoms in total. The van der Waals surface area contributed by atoms with E-state index in [2.05, 4.69) is 57.2 Å². The van der Waals surface area contributed by atoms with E-state index < -0.39 is 0 Å². The molecule has 0 atom stereocenters. The first-order valence-electron chi connectivity index (χ1n) is 16.9. The topological polar surface area (TPSA) is 76.5 Å². The number of ketones is 1. The predicted octanol–water partition coefficient (Wildman–Crippen LogP) is 12.0. The summed E-state index contributed by atoms with van der Waals surface area (Å²) < 4.78 is 12.2. The minimum Gasteiger partial charge on any atom is -0.512 e. The van der Waals surface area contributed by atoms with Crippen molar-refractivity contribution in [2.75, 3.05) is 0 Å². The van der Waals surface area contributed by atoms with E-state index in [9.17, 15) is 9.90 Å². The maximum atomic E-state index is 11.7. The molecule has 3 aromatic heterocycles. The molecule has 0 spiro atoms. The summed E-state index contributed by atoms with van der Waals surface area (Å²) in [5, 5.41) is 14.1. The number of rotatable bonds is 9. The van der Waals surface area contributed by atoms with Gasteiger partial charge < -0.3 is 13.9 Å². The van der Waals surface area contributed by atoms with E-state index in [1.807, 2.05) is 70.2 Å². The zero-order chi connectivity index (χ0) is 33.7. The van der Waals surface area contributed by atoms with Crippen molar-refractivity contribution in [2.45, 2.75) is 79.6 Å². The van der Waals surface area contributed by atoms with Crippen LogP contribution in [-0.4, -0.2) is 15.9 Å². The molecule has 253 valence electrons. The smallest absolute Gasteiger partial charge is 0.170 e. The molecular formula is C42H46IrNO4-. The third kappa shape index (κ3) is 7.99. The van der Waals surface area contributed by atoms with E-state index in [4.69, 9.17) is 13.8 Å². The van der Waals surface area contributed by atoms with Crippen LogP contribution in [0.1, 0.15) is 79.7 Å². The summed E-state index contributed by atoms with van der Waals surface area (Å²) in [7, 11) is 0. The standard InChI is InChI=1S/C29H22NO2.C13H24O2.Ir/c1-29(2,3)23-15-20(14-18-8-4-6-10-21(18)23)28-22-17-27(32-25(22)12-13-30-28)26-16-19-9-5-7-11-24(19)31-26;1-5-10(6-2)12(14)9-13(15)11(7-3)8-4;/h4-13,15-17H,1-3H3;9-11,14H,5-8H2,1-4H3;/q-1;;/b;12-9-;. The number of pyridine rings is 1. The second kappa shape index (κ2) is 15.9. The number of benzene rings is 3. The Balaban J connectivity index is 0.000000279. The summed E-state index contributed by atoms with van der Waals surface area (Å²) in [6.45, 7) is 14.8. The number of nitrogens with zero attached hydrogens (tertiary/aromatic N) is 1. The maximum absolute atomic E-state index is 11.7. The minimum atomic E-state index is -0.00676. The molecule has 0 fully saturated rings. The zero-order valence-electron chi connectivity index (χ0n) is 29.0. The molecule has 6 rings (SSSR count). The van der Waals surface area contributed by atoms with Crippen LogP contribution in [0.3, 0.4) is 0 Å². The van der Waals surface area contributed by atoms with Crippen LogP contribution in [0.15, 0.2) is 99.7 Å². The van der Waals surface area contributed by atoms with E-state index in [0.29, 0.717) is 11.5 Å². The normalized spacial score (nSPS) is 12.1. The van der Waals surface area contributed by atoms with Crippen molar-refractivity contribution < 1.29 is 38.8 Å². The summed E-state index contributed by atoms with van der Waals surface area (Å²) in [5.74, 6) is 1.96. The number of hydrogen-bond acceptors (Lipinski definition) is 5. The number of aliphatic hydroxyl groups is 1. The molecule has 0 saturated carbocycles. The Hall–Kier alpha value is -3.99. The molecule has 1 radical (unpaired) electrons. The Morgan fingerprint density at radius 1 is 0.812 bits per heavy atom. The number of fused-ring (bicyclic) bond motifs is 3. The molecule has 0 aliphatic rings. The number of hydrogen-bond donors (Lipinski definition) is 1. The van der Waals surface area contributed by atoms with Gasteiger partial charge >= 0.3 is 0 Å². The number of carbonyl (C=O) groups is 1. The van der Waals surface area contributed by atoms with Gasteiger partial charge in [0.15, 0.2) is 17.3 Å². The molecule has 48 heavy (non-hydrogen) atoms. The van der Waals surface area contributed by atoms with Crippen LogP contribution in [0.25, 0.3) is 55.5 Å².